The first-order valence-corrected chi connectivity index (χ1v) is 6.98. The normalized spacial score (nSPS) is 13.9. The molecule has 0 unspecified atom stereocenters. The highest BCUT2D eigenvalue weighted by atomic mass is 16.2. The number of aromatic nitrogens is 1. The number of pyridine rings is 1. The molecule has 1 saturated carbocycles. The Morgan fingerprint density at radius 2 is 1.90 bits per heavy atom. The lowest BCUT2D eigenvalue weighted by Gasteiger charge is -2.22. The van der Waals surface area contributed by atoms with E-state index < -0.39 is 0 Å². The van der Waals surface area contributed by atoms with Crippen LogP contribution >= 0.6 is 0 Å². The summed E-state index contributed by atoms with van der Waals surface area (Å²) in [6, 6.07) is 12.4. The molecular weight excluding hydrogens is 266 g/mol. The smallest absolute Gasteiger partial charge is 0.270 e. The molecule has 21 heavy (non-hydrogen) atoms. The lowest BCUT2D eigenvalue weighted by atomic mass is 10.2. The fourth-order valence-electron chi connectivity index (χ4n) is 2.30. The molecule has 3 N–H and O–H groups in total. The zero-order valence-electron chi connectivity index (χ0n) is 11.6. The van der Waals surface area contributed by atoms with Crippen molar-refractivity contribution in [2.75, 3.05) is 5.73 Å². The number of nitrogens with zero attached hydrogens (tertiary/aromatic N) is 1. The van der Waals surface area contributed by atoms with E-state index in [4.69, 9.17) is 5.73 Å². The second-order valence-electron chi connectivity index (χ2n) is 5.33. The van der Waals surface area contributed by atoms with Crippen LogP contribution in [0.2, 0.25) is 0 Å². The number of carbonyl (C=O) groups is 1. The van der Waals surface area contributed by atoms with Gasteiger partial charge in [0.05, 0.1) is 0 Å². The SMILES string of the molecule is Nc1ccc(CN(C(=O)c2cccc(=O)[nH]2)C2CC2)cc1. The van der Waals surface area contributed by atoms with Crippen LogP contribution in [0.25, 0.3) is 0 Å². The number of hydrogen-bond acceptors (Lipinski definition) is 3. The van der Waals surface area contributed by atoms with Gasteiger partial charge in [-0.2, -0.15) is 0 Å². The Balaban J connectivity index is 1.83. The van der Waals surface area contributed by atoms with Crippen molar-refractivity contribution >= 4 is 11.6 Å². The topological polar surface area (TPSA) is 79.2 Å². The van der Waals surface area contributed by atoms with Gasteiger partial charge in [-0.3, -0.25) is 9.59 Å². The number of carbonyl (C=O) groups excluding carboxylic acids is 1. The average molecular weight is 283 g/mol. The number of anilines is 1. The van der Waals surface area contributed by atoms with E-state index in [0.717, 1.165) is 18.4 Å². The van der Waals surface area contributed by atoms with Gasteiger partial charge < -0.3 is 15.6 Å². The van der Waals surface area contributed by atoms with Gasteiger partial charge in [0.2, 0.25) is 5.56 Å². The Labute approximate surface area is 122 Å². The van der Waals surface area contributed by atoms with Crippen LogP contribution in [0.1, 0.15) is 28.9 Å². The molecule has 1 aliphatic carbocycles. The van der Waals surface area contributed by atoms with Crippen molar-refractivity contribution in [2.24, 2.45) is 0 Å². The third-order valence-corrected chi connectivity index (χ3v) is 3.58. The summed E-state index contributed by atoms with van der Waals surface area (Å²) in [7, 11) is 0. The number of nitrogen functional groups attached to an aromatic ring is 1. The van der Waals surface area contributed by atoms with Gasteiger partial charge in [-0.25, -0.2) is 0 Å². The average Bonchev–Trinajstić information content (AvgIpc) is 3.30. The van der Waals surface area contributed by atoms with Crippen LogP contribution in [-0.2, 0) is 6.54 Å². The Morgan fingerprint density at radius 1 is 1.19 bits per heavy atom. The molecule has 1 amide bonds. The van der Waals surface area contributed by atoms with E-state index in [1.165, 1.54) is 6.07 Å². The minimum atomic E-state index is -0.260. The van der Waals surface area contributed by atoms with Crippen LogP contribution in [0.3, 0.4) is 0 Å². The Bertz CT molecular complexity index is 702. The molecule has 5 heteroatoms. The Hall–Kier alpha value is -2.56. The molecule has 5 nitrogen and oxygen atoms in total. The van der Waals surface area contributed by atoms with Gasteiger partial charge in [-0.1, -0.05) is 18.2 Å². The third-order valence-electron chi connectivity index (χ3n) is 3.58. The maximum atomic E-state index is 12.6. The lowest BCUT2D eigenvalue weighted by Crippen LogP contribution is -2.34. The van der Waals surface area contributed by atoms with Gasteiger partial charge in [0.15, 0.2) is 0 Å². The number of H-pyrrole nitrogens is 1. The standard InChI is InChI=1S/C16H17N3O2/c17-12-6-4-11(5-7-12)10-19(13-8-9-13)16(21)14-2-1-3-15(20)18-14/h1-7,13H,8-10,17H2,(H,18,20). The van der Waals surface area contributed by atoms with Gasteiger partial charge in [0.1, 0.15) is 5.69 Å². The third kappa shape index (κ3) is 3.13. The number of benzene rings is 1. The fraction of sp³-hybridized carbons (Fsp3) is 0.250. The van der Waals surface area contributed by atoms with Crippen molar-refractivity contribution in [2.45, 2.75) is 25.4 Å². The summed E-state index contributed by atoms with van der Waals surface area (Å²) in [5.74, 6) is -0.132. The van der Waals surface area contributed by atoms with Crippen LogP contribution < -0.4 is 11.3 Å². The molecule has 1 aromatic carbocycles. The molecule has 1 aromatic heterocycles. The number of nitrogens with one attached hydrogen (secondary N) is 1. The molecule has 0 saturated heterocycles. The second kappa shape index (κ2) is 5.44. The molecular formula is C16H17N3O2. The molecule has 0 aliphatic heterocycles. The van der Waals surface area contributed by atoms with Gasteiger partial charge in [0, 0.05) is 24.3 Å². The number of hydrogen-bond donors (Lipinski definition) is 2. The van der Waals surface area contributed by atoms with Crippen LogP contribution in [-0.4, -0.2) is 21.8 Å². The highest BCUT2D eigenvalue weighted by Crippen LogP contribution is 2.29. The van der Waals surface area contributed by atoms with Crippen molar-refractivity contribution in [3.63, 3.8) is 0 Å². The molecule has 108 valence electrons. The summed E-state index contributed by atoms with van der Waals surface area (Å²) in [6.45, 7) is 0.528. The van der Waals surface area contributed by atoms with Crippen LogP contribution in [0.15, 0.2) is 47.3 Å². The van der Waals surface area contributed by atoms with E-state index in [1.54, 1.807) is 12.1 Å². The number of rotatable bonds is 4. The fourth-order valence-corrected chi connectivity index (χ4v) is 2.30. The zero-order chi connectivity index (χ0) is 14.8. The van der Waals surface area contributed by atoms with Crippen LogP contribution in [0.4, 0.5) is 5.69 Å². The summed E-state index contributed by atoms with van der Waals surface area (Å²) in [5.41, 5.74) is 7.49. The first-order valence-electron chi connectivity index (χ1n) is 6.98. The van der Waals surface area contributed by atoms with Crippen LogP contribution in [0, 0.1) is 0 Å². The molecule has 1 fully saturated rings. The number of amides is 1. The second-order valence-corrected chi connectivity index (χ2v) is 5.33. The first kappa shape index (κ1) is 13.4. The summed E-state index contributed by atoms with van der Waals surface area (Å²) in [5, 5.41) is 0. The van der Waals surface area contributed by atoms with Gasteiger partial charge >= 0.3 is 0 Å². The van der Waals surface area contributed by atoms with Crippen molar-refractivity contribution in [3.05, 3.63) is 64.1 Å². The number of nitrogens with two attached hydrogens (primary N) is 1. The molecule has 3 rings (SSSR count). The van der Waals surface area contributed by atoms with Crippen LogP contribution in [0.5, 0.6) is 0 Å². The van der Waals surface area contributed by atoms with E-state index in [9.17, 15) is 9.59 Å². The predicted molar refractivity (Wildman–Crippen MR) is 80.8 cm³/mol. The van der Waals surface area contributed by atoms with E-state index >= 15 is 0 Å². The molecule has 1 aliphatic rings. The Morgan fingerprint density at radius 3 is 2.52 bits per heavy atom. The van der Waals surface area contributed by atoms with E-state index in [-0.39, 0.29) is 17.5 Å². The molecule has 1 heterocycles. The number of aromatic amines is 1. The van der Waals surface area contributed by atoms with Crippen molar-refractivity contribution in [1.82, 2.24) is 9.88 Å². The minimum Gasteiger partial charge on any atom is -0.399 e. The molecule has 0 bridgehead atoms. The Kier molecular flexibility index (Phi) is 3.48. The lowest BCUT2D eigenvalue weighted by molar-refractivity contribution is 0.0723. The predicted octanol–water partition coefficient (Wildman–Crippen LogP) is 1.76. The van der Waals surface area contributed by atoms with E-state index in [1.807, 2.05) is 29.2 Å². The summed E-state index contributed by atoms with van der Waals surface area (Å²) in [4.78, 5) is 28.4. The minimum absolute atomic E-state index is 0.132. The van der Waals surface area contributed by atoms with Gasteiger partial charge in [0.25, 0.3) is 5.91 Å². The summed E-state index contributed by atoms with van der Waals surface area (Å²) in [6.07, 6.45) is 2.02. The van der Waals surface area contributed by atoms with Crippen molar-refractivity contribution in [3.8, 4) is 0 Å². The maximum Gasteiger partial charge on any atom is 0.270 e. The monoisotopic (exact) mass is 283 g/mol. The van der Waals surface area contributed by atoms with Gasteiger partial charge in [-0.15, -0.1) is 0 Å². The van der Waals surface area contributed by atoms with E-state index in [2.05, 4.69) is 4.98 Å². The largest absolute Gasteiger partial charge is 0.399 e. The highest BCUT2D eigenvalue weighted by molar-refractivity contribution is 5.92. The summed E-state index contributed by atoms with van der Waals surface area (Å²) >= 11 is 0. The van der Waals surface area contributed by atoms with Crippen molar-refractivity contribution < 1.29 is 4.79 Å². The zero-order valence-corrected chi connectivity index (χ0v) is 11.6. The summed E-state index contributed by atoms with van der Waals surface area (Å²) < 4.78 is 0. The molecule has 0 atom stereocenters. The molecule has 0 spiro atoms. The maximum absolute atomic E-state index is 12.6. The van der Waals surface area contributed by atoms with E-state index in [0.29, 0.717) is 17.9 Å². The quantitative estimate of drug-likeness (QED) is 0.839. The van der Waals surface area contributed by atoms with Gasteiger partial charge in [-0.05, 0) is 36.6 Å². The highest BCUT2D eigenvalue weighted by Gasteiger charge is 2.33. The van der Waals surface area contributed by atoms with Crippen molar-refractivity contribution in [1.29, 1.82) is 0 Å². The first-order chi connectivity index (χ1) is 10.1. The molecule has 0 radical (unpaired) electrons. The molecule has 2 aromatic rings.